The van der Waals surface area contributed by atoms with E-state index in [0.717, 1.165) is 9.87 Å². The Kier molecular flexibility index (Phi) is 5.18. The van der Waals surface area contributed by atoms with E-state index in [1.807, 2.05) is 19.1 Å². The average Bonchev–Trinajstić information content (AvgIpc) is 2.53. The van der Waals surface area contributed by atoms with Gasteiger partial charge in [-0.05, 0) is 30.2 Å². The van der Waals surface area contributed by atoms with Crippen molar-refractivity contribution in [2.45, 2.75) is 18.4 Å². The molecule has 0 fully saturated rings. The number of nitrogens with one attached hydrogen (secondary N) is 1. The van der Waals surface area contributed by atoms with Crippen LogP contribution < -0.4 is 5.32 Å². The monoisotopic (exact) mass is 332 g/mol. The number of hydrogen-bond donors (Lipinski definition) is 1. The molecule has 0 saturated carbocycles. The number of sulfonamides is 1. The Morgan fingerprint density at radius 1 is 1.04 bits per heavy atom. The molecule has 1 amide bonds. The maximum atomic E-state index is 12.3. The summed E-state index contributed by atoms with van der Waals surface area (Å²) in [4.78, 5) is 12.5. The van der Waals surface area contributed by atoms with Gasteiger partial charge in [0, 0.05) is 26.2 Å². The molecule has 0 aliphatic rings. The van der Waals surface area contributed by atoms with Gasteiger partial charge in [-0.3, -0.25) is 4.79 Å². The van der Waals surface area contributed by atoms with Crippen molar-refractivity contribution in [1.29, 1.82) is 0 Å². The van der Waals surface area contributed by atoms with Crippen molar-refractivity contribution >= 4 is 15.9 Å². The van der Waals surface area contributed by atoms with Crippen LogP contribution >= 0.6 is 0 Å². The summed E-state index contributed by atoms with van der Waals surface area (Å²) in [6.45, 7) is 2.01. The van der Waals surface area contributed by atoms with Crippen molar-refractivity contribution in [1.82, 2.24) is 9.62 Å². The second-order valence-corrected chi connectivity index (χ2v) is 7.51. The van der Waals surface area contributed by atoms with Gasteiger partial charge in [0.2, 0.25) is 10.0 Å². The molecule has 122 valence electrons. The van der Waals surface area contributed by atoms with Gasteiger partial charge in [-0.25, -0.2) is 12.7 Å². The van der Waals surface area contributed by atoms with Gasteiger partial charge in [0.1, 0.15) is 0 Å². The maximum absolute atomic E-state index is 12.3. The van der Waals surface area contributed by atoms with Gasteiger partial charge in [-0.2, -0.15) is 0 Å². The number of hydrogen-bond acceptors (Lipinski definition) is 3. The van der Waals surface area contributed by atoms with Crippen molar-refractivity contribution in [2.75, 3.05) is 14.1 Å². The lowest BCUT2D eigenvalue weighted by atomic mass is 10.1. The summed E-state index contributed by atoms with van der Waals surface area (Å²) in [5.74, 6) is -0.222. The predicted octanol–water partition coefficient (Wildman–Crippen LogP) is 2.18. The molecule has 0 heterocycles. The lowest BCUT2D eigenvalue weighted by Crippen LogP contribution is -2.27. The smallest absolute Gasteiger partial charge is 0.251 e. The van der Waals surface area contributed by atoms with Gasteiger partial charge in [0.25, 0.3) is 5.91 Å². The molecule has 0 aromatic heterocycles. The molecule has 0 aliphatic carbocycles. The van der Waals surface area contributed by atoms with Crippen LogP contribution in [0.3, 0.4) is 0 Å². The molecular formula is C17H20N2O3S. The van der Waals surface area contributed by atoms with Crippen LogP contribution in [0.2, 0.25) is 0 Å². The number of benzene rings is 2. The summed E-state index contributed by atoms with van der Waals surface area (Å²) in [5, 5.41) is 2.79. The molecule has 0 atom stereocenters. The van der Waals surface area contributed by atoms with Crippen LogP contribution in [-0.4, -0.2) is 32.7 Å². The highest BCUT2D eigenvalue weighted by Gasteiger charge is 2.21. The molecule has 2 rings (SSSR count). The van der Waals surface area contributed by atoms with Crippen LogP contribution in [0.5, 0.6) is 0 Å². The third kappa shape index (κ3) is 3.78. The first-order chi connectivity index (χ1) is 10.8. The third-order valence-corrected chi connectivity index (χ3v) is 5.48. The molecule has 0 bridgehead atoms. The number of rotatable bonds is 5. The average molecular weight is 332 g/mol. The van der Waals surface area contributed by atoms with E-state index < -0.39 is 10.0 Å². The molecule has 2 aromatic rings. The maximum Gasteiger partial charge on any atom is 0.251 e. The Morgan fingerprint density at radius 2 is 1.65 bits per heavy atom. The van der Waals surface area contributed by atoms with E-state index in [1.165, 1.54) is 14.1 Å². The minimum Gasteiger partial charge on any atom is -0.348 e. The number of carbonyl (C=O) groups excluding carboxylic acids is 1. The molecule has 0 aliphatic heterocycles. The van der Waals surface area contributed by atoms with E-state index in [0.29, 0.717) is 11.1 Å². The highest BCUT2D eigenvalue weighted by molar-refractivity contribution is 7.89. The van der Waals surface area contributed by atoms with Gasteiger partial charge in [0.15, 0.2) is 0 Å². The lowest BCUT2D eigenvalue weighted by Gasteiger charge is -2.15. The van der Waals surface area contributed by atoms with Gasteiger partial charge in [0.05, 0.1) is 4.90 Å². The molecule has 1 N–H and O–H groups in total. The van der Waals surface area contributed by atoms with Crippen LogP contribution in [0.15, 0.2) is 53.4 Å². The number of nitrogens with zero attached hydrogens (tertiary/aromatic N) is 1. The van der Waals surface area contributed by atoms with Crippen LogP contribution in [0, 0.1) is 6.92 Å². The highest BCUT2D eigenvalue weighted by atomic mass is 32.2. The van der Waals surface area contributed by atoms with Crippen LogP contribution in [0.25, 0.3) is 0 Å². The first kappa shape index (κ1) is 17.2. The number of carbonyl (C=O) groups is 1. The van der Waals surface area contributed by atoms with Gasteiger partial charge in [-0.1, -0.05) is 36.4 Å². The zero-order chi connectivity index (χ0) is 17.0. The molecule has 0 spiro atoms. The topological polar surface area (TPSA) is 66.5 Å². The quantitative estimate of drug-likeness (QED) is 0.912. The number of amides is 1. The Hall–Kier alpha value is -2.18. The first-order valence-corrected chi connectivity index (χ1v) is 8.62. The fourth-order valence-corrected chi connectivity index (χ4v) is 3.31. The molecule has 5 nitrogen and oxygen atoms in total. The van der Waals surface area contributed by atoms with Crippen LogP contribution in [-0.2, 0) is 16.6 Å². The van der Waals surface area contributed by atoms with Crippen molar-refractivity contribution in [3.8, 4) is 0 Å². The molecule has 0 unspecified atom stereocenters. The fourth-order valence-electron chi connectivity index (χ4n) is 2.20. The molecule has 2 aromatic carbocycles. The number of aryl methyl sites for hydroxylation is 1. The van der Waals surface area contributed by atoms with Crippen LogP contribution in [0.4, 0.5) is 0 Å². The first-order valence-electron chi connectivity index (χ1n) is 7.18. The lowest BCUT2D eigenvalue weighted by molar-refractivity contribution is 0.0950. The standard InChI is InChI=1S/C17H20N2O3S/c1-13-8-4-6-10-15(13)17(20)18-12-14-9-5-7-11-16(14)23(21,22)19(2)3/h4-11H,12H2,1-3H3,(H,18,20). The van der Waals surface area contributed by atoms with E-state index >= 15 is 0 Å². The Labute approximate surface area is 137 Å². The van der Waals surface area contributed by atoms with Crippen LogP contribution in [0.1, 0.15) is 21.5 Å². The minimum absolute atomic E-state index is 0.149. The normalized spacial score (nSPS) is 11.5. The molecule has 0 saturated heterocycles. The zero-order valence-corrected chi connectivity index (χ0v) is 14.2. The van der Waals surface area contributed by atoms with Crippen molar-refractivity contribution in [2.24, 2.45) is 0 Å². The SMILES string of the molecule is Cc1ccccc1C(=O)NCc1ccccc1S(=O)(=O)N(C)C. The Morgan fingerprint density at radius 3 is 2.30 bits per heavy atom. The summed E-state index contributed by atoms with van der Waals surface area (Å²) in [7, 11) is -0.578. The Bertz CT molecular complexity index is 814. The fraction of sp³-hybridized carbons (Fsp3) is 0.235. The second kappa shape index (κ2) is 6.93. The third-order valence-electron chi connectivity index (χ3n) is 3.56. The highest BCUT2D eigenvalue weighted by Crippen LogP contribution is 2.18. The zero-order valence-electron chi connectivity index (χ0n) is 13.4. The van der Waals surface area contributed by atoms with Gasteiger partial charge < -0.3 is 5.32 Å². The van der Waals surface area contributed by atoms with Crippen molar-refractivity contribution in [3.05, 3.63) is 65.2 Å². The molecule has 23 heavy (non-hydrogen) atoms. The largest absolute Gasteiger partial charge is 0.348 e. The summed E-state index contributed by atoms with van der Waals surface area (Å²) in [6, 6.07) is 13.9. The van der Waals surface area contributed by atoms with Crippen molar-refractivity contribution < 1.29 is 13.2 Å². The van der Waals surface area contributed by atoms with Gasteiger partial charge in [-0.15, -0.1) is 0 Å². The van der Waals surface area contributed by atoms with E-state index in [2.05, 4.69) is 5.32 Å². The summed E-state index contributed by atoms with van der Waals surface area (Å²) in [6.07, 6.45) is 0. The second-order valence-electron chi connectivity index (χ2n) is 5.39. The van der Waals surface area contributed by atoms with E-state index in [1.54, 1.807) is 36.4 Å². The molecule has 6 heteroatoms. The molecular weight excluding hydrogens is 312 g/mol. The predicted molar refractivity (Wildman–Crippen MR) is 89.7 cm³/mol. The van der Waals surface area contributed by atoms with Gasteiger partial charge >= 0.3 is 0 Å². The van der Waals surface area contributed by atoms with E-state index in [-0.39, 0.29) is 17.3 Å². The summed E-state index contributed by atoms with van der Waals surface area (Å²) in [5.41, 5.74) is 2.02. The van der Waals surface area contributed by atoms with E-state index in [4.69, 9.17) is 0 Å². The summed E-state index contributed by atoms with van der Waals surface area (Å²) >= 11 is 0. The van der Waals surface area contributed by atoms with E-state index in [9.17, 15) is 13.2 Å². The summed E-state index contributed by atoms with van der Waals surface area (Å²) < 4.78 is 25.8. The van der Waals surface area contributed by atoms with Crippen molar-refractivity contribution in [3.63, 3.8) is 0 Å². The minimum atomic E-state index is -3.55. The Balaban J connectivity index is 2.23. The molecule has 0 radical (unpaired) electrons.